The second kappa shape index (κ2) is 47.7. The molecule has 0 aromatic heterocycles. The molecule has 0 saturated heterocycles. The molecule has 0 fully saturated rings. The first-order valence-corrected chi connectivity index (χ1v) is 23.2. The van der Waals surface area contributed by atoms with Crippen LogP contribution in [0.25, 0.3) is 0 Å². The maximum Gasteiger partial charge on any atom is 0.306 e. The van der Waals surface area contributed by atoms with Crippen molar-refractivity contribution in [3.8, 4) is 0 Å². The molecular formula is C51H88O4. The lowest BCUT2D eigenvalue weighted by Crippen LogP contribution is -2.27. The fourth-order valence-electron chi connectivity index (χ4n) is 6.27. The van der Waals surface area contributed by atoms with Crippen LogP contribution in [0.1, 0.15) is 206 Å². The van der Waals surface area contributed by atoms with Gasteiger partial charge in [-0.3, -0.25) is 4.79 Å². The van der Waals surface area contributed by atoms with Crippen molar-refractivity contribution in [1.82, 2.24) is 0 Å². The third kappa shape index (κ3) is 45.9. The third-order valence-corrected chi connectivity index (χ3v) is 9.70. The van der Waals surface area contributed by atoms with Gasteiger partial charge in [-0.25, -0.2) is 0 Å². The number of esters is 1. The molecule has 0 aromatic carbocycles. The fraction of sp³-hybridized carbons (Fsp3) is 0.706. The second-order valence-electron chi connectivity index (χ2n) is 15.1. The summed E-state index contributed by atoms with van der Waals surface area (Å²) in [4.78, 5) is 12.2. The molecule has 316 valence electrons. The van der Waals surface area contributed by atoms with Crippen LogP contribution in [0.4, 0.5) is 0 Å². The molecule has 1 N–H and O–H groups in total. The van der Waals surface area contributed by atoms with Gasteiger partial charge < -0.3 is 14.6 Å². The Bertz CT molecular complexity index is 985. The number of carbonyl (C=O) groups is 1. The number of aliphatic hydroxyl groups is 1. The predicted octanol–water partition coefficient (Wildman–Crippen LogP) is 15.5. The van der Waals surface area contributed by atoms with Gasteiger partial charge >= 0.3 is 5.97 Å². The fourth-order valence-corrected chi connectivity index (χ4v) is 6.27. The molecule has 1 atom stereocenters. The van der Waals surface area contributed by atoms with Crippen LogP contribution in [0.5, 0.6) is 0 Å². The molecule has 1 unspecified atom stereocenters. The molecule has 0 aliphatic carbocycles. The zero-order chi connectivity index (χ0) is 39.8. The van der Waals surface area contributed by atoms with Gasteiger partial charge in [0.05, 0.1) is 13.2 Å². The average molecular weight is 765 g/mol. The largest absolute Gasteiger partial charge is 0.457 e. The molecule has 0 aromatic rings. The smallest absolute Gasteiger partial charge is 0.306 e. The van der Waals surface area contributed by atoms with Crippen LogP contribution in [-0.2, 0) is 14.3 Å². The summed E-state index contributed by atoms with van der Waals surface area (Å²) in [6, 6.07) is 0. The van der Waals surface area contributed by atoms with Crippen molar-refractivity contribution >= 4 is 5.97 Å². The van der Waals surface area contributed by atoms with Crippen molar-refractivity contribution in [2.24, 2.45) is 0 Å². The van der Waals surface area contributed by atoms with Gasteiger partial charge in [0, 0.05) is 13.0 Å². The monoisotopic (exact) mass is 765 g/mol. The zero-order valence-corrected chi connectivity index (χ0v) is 36.2. The van der Waals surface area contributed by atoms with Crippen LogP contribution in [-0.4, -0.2) is 37.0 Å². The van der Waals surface area contributed by atoms with Crippen LogP contribution in [0, 0.1) is 0 Å². The number of unbranched alkanes of at least 4 members (excludes halogenated alkanes) is 20. The Morgan fingerprint density at radius 2 is 0.818 bits per heavy atom. The van der Waals surface area contributed by atoms with E-state index in [0.717, 1.165) is 64.2 Å². The third-order valence-electron chi connectivity index (χ3n) is 9.70. The molecule has 0 saturated carbocycles. The molecule has 55 heavy (non-hydrogen) atoms. The summed E-state index contributed by atoms with van der Waals surface area (Å²) in [6.45, 7) is 5.20. The molecule has 0 heterocycles. The quantitative estimate of drug-likeness (QED) is 0.0382. The lowest BCUT2D eigenvalue weighted by atomic mass is 10.1. The number of hydrogen-bond donors (Lipinski definition) is 1. The van der Waals surface area contributed by atoms with E-state index in [1.807, 2.05) is 0 Å². The molecule has 0 spiro atoms. The van der Waals surface area contributed by atoms with E-state index < -0.39 is 6.10 Å². The van der Waals surface area contributed by atoms with Gasteiger partial charge in [-0.2, -0.15) is 0 Å². The van der Waals surface area contributed by atoms with Gasteiger partial charge in [0.2, 0.25) is 0 Å². The minimum atomic E-state index is -0.548. The molecule has 0 amide bonds. The van der Waals surface area contributed by atoms with Crippen molar-refractivity contribution in [2.75, 3.05) is 19.8 Å². The Morgan fingerprint density at radius 1 is 0.455 bits per heavy atom. The van der Waals surface area contributed by atoms with Gasteiger partial charge in [0.25, 0.3) is 0 Å². The molecule has 4 nitrogen and oxygen atoms in total. The van der Waals surface area contributed by atoms with E-state index in [1.165, 1.54) is 122 Å². The average Bonchev–Trinajstić information content (AvgIpc) is 3.19. The lowest BCUT2D eigenvalue weighted by Gasteiger charge is -2.15. The number of rotatable bonds is 42. The van der Waals surface area contributed by atoms with E-state index in [4.69, 9.17) is 9.47 Å². The number of aliphatic hydroxyl groups excluding tert-OH is 1. The van der Waals surface area contributed by atoms with Gasteiger partial charge in [0.1, 0.15) is 6.10 Å². The highest BCUT2D eigenvalue weighted by atomic mass is 16.6. The summed E-state index contributed by atoms with van der Waals surface area (Å²) in [5, 5.41) is 9.62. The Hall–Kier alpha value is -2.43. The standard InChI is InChI=1S/C51H88O4/c1-3-5-7-9-11-13-15-17-19-21-22-23-24-25-26-27-28-29-31-33-35-37-39-41-43-45-47-54-49-50(48-52)55-51(53)46-44-42-40-38-36-34-32-30-20-18-16-14-12-10-8-6-4-2/h5,7,11,13,17-20,22-23,25-26,28-29,50,52H,3-4,6,8-10,12,14-16,21,24,27,30-49H2,1-2H3/b7-5-,13-11-,19-17-,20-18-,23-22-,26-25-,29-28-. The van der Waals surface area contributed by atoms with Crippen LogP contribution in [0.2, 0.25) is 0 Å². The number of carbonyl (C=O) groups excluding carboxylic acids is 1. The maximum atomic E-state index is 12.2. The second-order valence-corrected chi connectivity index (χ2v) is 15.1. The number of allylic oxidation sites excluding steroid dienone is 14. The van der Waals surface area contributed by atoms with Crippen molar-refractivity contribution in [3.05, 3.63) is 85.1 Å². The number of hydrogen-bond acceptors (Lipinski definition) is 4. The first-order chi connectivity index (χ1) is 27.2. The van der Waals surface area contributed by atoms with Crippen LogP contribution < -0.4 is 0 Å². The summed E-state index contributed by atoms with van der Waals surface area (Å²) in [5.41, 5.74) is 0. The molecular weight excluding hydrogens is 677 g/mol. The topological polar surface area (TPSA) is 55.8 Å². The predicted molar refractivity (Wildman–Crippen MR) is 242 cm³/mol. The van der Waals surface area contributed by atoms with E-state index in [2.05, 4.69) is 98.9 Å². The van der Waals surface area contributed by atoms with Crippen molar-refractivity contribution in [3.63, 3.8) is 0 Å². The summed E-state index contributed by atoms with van der Waals surface area (Å²) in [6.07, 6.45) is 66.5. The Labute approximate surface area is 341 Å². The first kappa shape index (κ1) is 52.6. The summed E-state index contributed by atoms with van der Waals surface area (Å²) < 4.78 is 11.2. The van der Waals surface area contributed by atoms with E-state index in [0.29, 0.717) is 13.0 Å². The molecule has 0 bridgehead atoms. The van der Waals surface area contributed by atoms with E-state index >= 15 is 0 Å². The first-order valence-electron chi connectivity index (χ1n) is 23.2. The maximum absolute atomic E-state index is 12.2. The summed E-state index contributed by atoms with van der Waals surface area (Å²) in [7, 11) is 0. The van der Waals surface area contributed by atoms with Gasteiger partial charge in [0.15, 0.2) is 0 Å². The number of ether oxygens (including phenoxy) is 2. The lowest BCUT2D eigenvalue weighted by molar-refractivity contribution is -0.154. The molecule has 0 aliphatic rings. The summed E-state index contributed by atoms with van der Waals surface area (Å²) >= 11 is 0. The molecule has 0 rings (SSSR count). The minimum absolute atomic E-state index is 0.182. The van der Waals surface area contributed by atoms with Gasteiger partial charge in [-0.15, -0.1) is 0 Å². The molecule has 0 aliphatic heterocycles. The van der Waals surface area contributed by atoms with Crippen molar-refractivity contribution in [1.29, 1.82) is 0 Å². The van der Waals surface area contributed by atoms with Crippen LogP contribution >= 0.6 is 0 Å². The summed E-state index contributed by atoms with van der Waals surface area (Å²) in [5.74, 6) is -0.212. The van der Waals surface area contributed by atoms with E-state index in [-0.39, 0.29) is 19.2 Å². The van der Waals surface area contributed by atoms with E-state index in [9.17, 15) is 9.90 Å². The van der Waals surface area contributed by atoms with E-state index in [1.54, 1.807) is 0 Å². The Morgan fingerprint density at radius 3 is 1.25 bits per heavy atom. The van der Waals surface area contributed by atoms with Gasteiger partial charge in [-0.1, -0.05) is 195 Å². The van der Waals surface area contributed by atoms with Crippen LogP contribution in [0.15, 0.2) is 85.1 Å². The Kier molecular flexibility index (Phi) is 45.6. The van der Waals surface area contributed by atoms with Crippen LogP contribution in [0.3, 0.4) is 0 Å². The highest BCUT2D eigenvalue weighted by Crippen LogP contribution is 2.13. The normalized spacial score (nSPS) is 13.1. The molecule has 0 radical (unpaired) electrons. The minimum Gasteiger partial charge on any atom is -0.457 e. The van der Waals surface area contributed by atoms with Crippen molar-refractivity contribution in [2.45, 2.75) is 213 Å². The zero-order valence-electron chi connectivity index (χ0n) is 36.2. The SMILES string of the molecule is CC/C=C\C/C=C\C/C=C\C/C=C\C/C=C\C/C=C\CCCCCCCCCOCC(CO)OC(=O)CCCCCCCCC/C=C\CCCCCCCC. The molecule has 4 heteroatoms. The highest BCUT2D eigenvalue weighted by molar-refractivity contribution is 5.69. The Balaban J connectivity index is 3.50. The van der Waals surface area contributed by atoms with Gasteiger partial charge in [-0.05, 0) is 89.9 Å². The highest BCUT2D eigenvalue weighted by Gasteiger charge is 2.13. The van der Waals surface area contributed by atoms with Crippen molar-refractivity contribution < 1.29 is 19.4 Å².